The van der Waals surface area contributed by atoms with Crippen molar-refractivity contribution in [2.45, 2.75) is 13.5 Å². The molecule has 1 N–H and O–H groups in total. The summed E-state index contributed by atoms with van der Waals surface area (Å²) in [5, 5.41) is 8.06. The van der Waals surface area contributed by atoms with Crippen molar-refractivity contribution < 1.29 is 0 Å². The summed E-state index contributed by atoms with van der Waals surface area (Å²) in [5.74, 6) is 0. The van der Waals surface area contributed by atoms with Crippen LogP contribution in [0.5, 0.6) is 0 Å². The standard InChI is InChI=1S/C13H11BrClN5/c1-8-2-12-17-5-9(7-20(12)19-8)4-16-10-3-11(14)13(15)18-6-10/h2-3,5-7,16H,4H2,1H3. The summed E-state index contributed by atoms with van der Waals surface area (Å²) < 4.78 is 2.54. The molecule has 0 spiro atoms. The zero-order valence-electron chi connectivity index (χ0n) is 10.6. The summed E-state index contributed by atoms with van der Waals surface area (Å²) in [6, 6.07) is 3.83. The van der Waals surface area contributed by atoms with Crippen LogP contribution >= 0.6 is 27.5 Å². The van der Waals surface area contributed by atoms with Gasteiger partial charge < -0.3 is 5.32 Å². The Bertz CT molecular complexity index is 771. The van der Waals surface area contributed by atoms with E-state index in [9.17, 15) is 0 Å². The van der Waals surface area contributed by atoms with Crippen LogP contribution in [0.25, 0.3) is 5.65 Å². The third-order valence-electron chi connectivity index (χ3n) is 2.78. The number of anilines is 1. The van der Waals surface area contributed by atoms with Gasteiger partial charge in [0, 0.05) is 30.6 Å². The van der Waals surface area contributed by atoms with E-state index in [2.05, 4.69) is 36.3 Å². The van der Waals surface area contributed by atoms with Crippen LogP contribution in [-0.4, -0.2) is 19.6 Å². The van der Waals surface area contributed by atoms with Crippen LogP contribution in [0.1, 0.15) is 11.3 Å². The van der Waals surface area contributed by atoms with Gasteiger partial charge in [-0.2, -0.15) is 5.10 Å². The zero-order chi connectivity index (χ0) is 14.1. The maximum Gasteiger partial charge on any atom is 0.155 e. The number of fused-ring (bicyclic) bond motifs is 1. The molecule has 0 aliphatic rings. The van der Waals surface area contributed by atoms with Crippen LogP contribution in [0.4, 0.5) is 5.69 Å². The lowest BCUT2D eigenvalue weighted by Gasteiger charge is -2.07. The molecule has 0 unspecified atom stereocenters. The van der Waals surface area contributed by atoms with Crippen molar-refractivity contribution in [3.8, 4) is 0 Å². The fourth-order valence-electron chi connectivity index (χ4n) is 1.85. The number of hydrogen-bond acceptors (Lipinski definition) is 4. The summed E-state index contributed by atoms with van der Waals surface area (Å²) >= 11 is 9.20. The Kier molecular flexibility index (Phi) is 3.58. The number of hydrogen-bond donors (Lipinski definition) is 1. The maximum atomic E-state index is 5.86. The highest BCUT2D eigenvalue weighted by atomic mass is 79.9. The van der Waals surface area contributed by atoms with Crippen molar-refractivity contribution in [3.63, 3.8) is 0 Å². The molecule has 0 aliphatic heterocycles. The molecule has 0 bridgehead atoms. The van der Waals surface area contributed by atoms with E-state index >= 15 is 0 Å². The molecule has 0 saturated carbocycles. The van der Waals surface area contributed by atoms with Crippen molar-refractivity contribution in [3.05, 3.63) is 51.6 Å². The molecule has 0 amide bonds. The third-order valence-corrected chi connectivity index (χ3v) is 3.92. The molecule has 102 valence electrons. The molecule has 0 aliphatic carbocycles. The highest BCUT2D eigenvalue weighted by Gasteiger charge is 2.03. The average Bonchev–Trinajstić information content (AvgIpc) is 2.79. The van der Waals surface area contributed by atoms with Gasteiger partial charge in [0.05, 0.1) is 22.1 Å². The summed E-state index contributed by atoms with van der Waals surface area (Å²) in [5.41, 5.74) is 3.72. The van der Waals surface area contributed by atoms with Crippen molar-refractivity contribution in [1.82, 2.24) is 19.6 Å². The molecule has 0 fully saturated rings. The van der Waals surface area contributed by atoms with Crippen LogP contribution in [0.2, 0.25) is 5.15 Å². The molecular formula is C13H11BrClN5. The lowest BCUT2D eigenvalue weighted by Crippen LogP contribution is -2.02. The van der Waals surface area contributed by atoms with Crippen molar-refractivity contribution in [2.24, 2.45) is 0 Å². The summed E-state index contributed by atoms with van der Waals surface area (Å²) in [6.45, 7) is 2.58. The van der Waals surface area contributed by atoms with Gasteiger partial charge in [-0.3, -0.25) is 0 Å². The Morgan fingerprint density at radius 1 is 1.30 bits per heavy atom. The summed E-state index contributed by atoms with van der Waals surface area (Å²) in [6.07, 6.45) is 5.49. The largest absolute Gasteiger partial charge is 0.380 e. The van der Waals surface area contributed by atoms with Gasteiger partial charge >= 0.3 is 0 Å². The number of rotatable bonds is 3. The smallest absolute Gasteiger partial charge is 0.155 e. The van der Waals surface area contributed by atoms with E-state index in [0.29, 0.717) is 11.7 Å². The van der Waals surface area contributed by atoms with E-state index in [1.807, 2.05) is 31.5 Å². The number of aryl methyl sites for hydroxylation is 1. The Labute approximate surface area is 129 Å². The first-order valence-corrected chi connectivity index (χ1v) is 7.15. The normalized spacial score (nSPS) is 10.9. The molecule has 0 saturated heterocycles. The number of halogens is 2. The predicted octanol–water partition coefficient (Wildman–Crippen LogP) is 3.46. The predicted molar refractivity (Wildman–Crippen MR) is 82.0 cm³/mol. The van der Waals surface area contributed by atoms with E-state index in [-0.39, 0.29) is 0 Å². The van der Waals surface area contributed by atoms with E-state index in [1.165, 1.54) is 0 Å². The monoisotopic (exact) mass is 351 g/mol. The van der Waals surface area contributed by atoms with Gasteiger partial charge in [0.1, 0.15) is 5.15 Å². The number of nitrogens with one attached hydrogen (secondary N) is 1. The first-order valence-electron chi connectivity index (χ1n) is 5.97. The van der Waals surface area contributed by atoms with Gasteiger partial charge in [0.2, 0.25) is 0 Å². The second kappa shape index (κ2) is 5.38. The molecule has 3 rings (SSSR count). The molecule has 0 radical (unpaired) electrons. The molecule has 3 aromatic heterocycles. The van der Waals surface area contributed by atoms with Crippen molar-refractivity contribution in [1.29, 1.82) is 0 Å². The Morgan fingerprint density at radius 3 is 2.95 bits per heavy atom. The van der Waals surface area contributed by atoms with Crippen LogP contribution in [-0.2, 0) is 6.54 Å². The molecular weight excluding hydrogens is 342 g/mol. The lowest BCUT2D eigenvalue weighted by atomic mass is 10.3. The molecule has 7 heteroatoms. The Morgan fingerprint density at radius 2 is 2.15 bits per heavy atom. The fraction of sp³-hybridized carbons (Fsp3) is 0.154. The fourth-order valence-corrected chi connectivity index (χ4v) is 2.30. The van der Waals surface area contributed by atoms with Gasteiger partial charge in [0.25, 0.3) is 0 Å². The molecule has 0 aromatic carbocycles. The molecule has 20 heavy (non-hydrogen) atoms. The quantitative estimate of drug-likeness (QED) is 0.733. The third kappa shape index (κ3) is 2.76. The van der Waals surface area contributed by atoms with Gasteiger partial charge in [-0.25, -0.2) is 14.5 Å². The topological polar surface area (TPSA) is 55.1 Å². The van der Waals surface area contributed by atoms with Crippen LogP contribution in [0.15, 0.2) is 35.2 Å². The Balaban J connectivity index is 1.77. The summed E-state index contributed by atoms with van der Waals surface area (Å²) in [4.78, 5) is 8.43. The molecule has 0 atom stereocenters. The van der Waals surface area contributed by atoms with E-state index in [4.69, 9.17) is 11.6 Å². The van der Waals surface area contributed by atoms with E-state index in [0.717, 1.165) is 27.1 Å². The SMILES string of the molecule is Cc1cc2ncc(CNc3cnc(Cl)c(Br)c3)cn2n1. The minimum atomic E-state index is 0.450. The minimum Gasteiger partial charge on any atom is -0.380 e. The van der Waals surface area contributed by atoms with Crippen molar-refractivity contribution in [2.75, 3.05) is 5.32 Å². The van der Waals surface area contributed by atoms with Gasteiger partial charge in [-0.05, 0) is 28.9 Å². The van der Waals surface area contributed by atoms with E-state index in [1.54, 1.807) is 10.7 Å². The number of nitrogens with zero attached hydrogens (tertiary/aromatic N) is 4. The van der Waals surface area contributed by atoms with Crippen LogP contribution < -0.4 is 5.32 Å². The highest BCUT2D eigenvalue weighted by Crippen LogP contribution is 2.23. The summed E-state index contributed by atoms with van der Waals surface area (Å²) in [7, 11) is 0. The average molecular weight is 353 g/mol. The first kappa shape index (κ1) is 13.3. The van der Waals surface area contributed by atoms with Gasteiger partial charge in [-0.15, -0.1) is 0 Å². The van der Waals surface area contributed by atoms with Crippen molar-refractivity contribution >= 4 is 38.9 Å². The molecule has 5 nitrogen and oxygen atoms in total. The Hall–Kier alpha value is -1.66. The maximum absolute atomic E-state index is 5.86. The number of pyridine rings is 1. The van der Waals surface area contributed by atoms with E-state index < -0.39 is 0 Å². The van der Waals surface area contributed by atoms with Gasteiger partial charge in [-0.1, -0.05) is 11.6 Å². The second-order valence-corrected chi connectivity index (χ2v) is 5.61. The van der Waals surface area contributed by atoms with Gasteiger partial charge in [0.15, 0.2) is 5.65 Å². The minimum absolute atomic E-state index is 0.450. The second-order valence-electron chi connectivity index (χ2n) is 4.40. The highest BCUT2D eigenvalue weighted by molar-refractivity contribution is 9.10. The first-order chi connectivity index (χ1) is 9.61. The zero-order valence-corrected chi connectivity index (χ0v) is 13.0. The molecule has 3 heterocycles. The molecule has 3 aromatic rings. The number of aromatic nitrogens is 4. The lowest BCUT2D eigenvalue weighted by molar-refractivity contribution is 0.895. The van der Waals surface area contributed by atoms with Crippen LogP contribution in [0, 0.1) is 6.92 Å². The van der Waals surface area contributed by atoms with Crippen LogP contribution in [0.3, 0.4) is 0 Å².